The summed E-state index contributed by atoms with van der Waals surface area (Å²) in [6, 6.07) is 7.92. The van der Waals surface area contributed by atoms with Gasteiger partial charge in [-0.15, -0.1) is 0 Å². The molecule has 0 saturated heterocycles. The molecule has 1 rings (SSSR count). The van der Waals surface area contributed by atoms with Crippen LogP contribution in [0.2, 0.25) is 5.02 Å². The third-order valence-corrected chi connectivity index (χ3v) is 3.26. The summed E-state index contributed by atoms with van der Waals surface area (Å²) >= 11 is 6.19. The van der Waals surface area contributed by atoms with Crippen LogP contribution in [0, 0.1) is 5.92 Å². The highest BCUT2D eigenvalue weighted by Crippen LogP contribution is 2.25. The van der Waals surface area contributed by atoms with Gasteiger partial charge in [0.05, 0.1) is 6.04 Å². The molecule has 0 aliphatic carbocycles. The number of rotatable bonds is 4. The Hall–Kier alpha value is -1.22. The molecule has 0 aromatic heterocycles. The van der Waals surface area contributed by atoms with Crippen molar-refractivity contribution in [2.75, 3.05) is 13.6 Å². The molecule has 0 aliphatic rings. The maximum atomic E-state index is 6.19. The highest BCUT2D eigenvalue weighted by molar-refractivity contribution is 6.31. The summed E-state index contributed by atoms with van der Waals surface area (Å²) in [6.45, 7) is 7.05. The molecular weight excluding hydrogens is 246 g/mol. The van der Waals surface area contributed by atoms with Crippen LogP contribution in [0.15, 0.2) is 29.3 Å². The fourth-order valence-electron chi connectivity index (χ4n) is 1.61. The molecule has 18 heavy (non-hydrogen) atoms. The number of halogens is 1. The van der Waals surface area contributed by atoms with E-state index in [0.29, 0.717) is 11.9 Å². The van der Waals surface area contributed by atoms with Gasteiger partial charge in [-0.3, -0.25) is 4.99 Å². The van der Waals surface area contributed by atoms with Crippen LogP contribution in [0.25, 0.3) is 0 Å². The second-order valence-corrected chi connectivity index (χ2v) is 5.31. The second-order valence-electron chi connectivity index (χ2n) is 4.90. The molecular formula is C14H22ClN3. The lowest BCUT2D eigenvalue weighted by Gasteiger charge is -2.27. The largest absolute Gasteiger partial charge is 0.370 e. The second kappa shape index (κ2) is 6.64. The Morgan fingerprint density at radius 1 is 1.33 bits per heavy atom. The van der Waals surface area contributed by atoms with Crippen molar-refractivity contribution >= 4 is 17.6 Å². The van der Waals surface area contributed by atoms with Crippen LogP contribution in [-0.4, -0.2) is 24.5 Å². The first-order valence-electron chi connectivity index (χ1n) is 6.20. The molecule has 0 amide bonds. The van der Waals surface area contributed by atoms with Gasteiger partial charge in [0.2, 0.25) is 0 Å². The maximum absolute atomic E-state index is 6.19. The molecule has 0 bridgehead atoms. The summed E-state index contributed by atoms with van der Waals surface area (Å²) in [4.78, 5) is 6.33. The van der Waals surface area contributed by atoms with Gasteiger partial charge >= 0.3 is 0 Å². The smallest absolute Gasteiger partial charge is 0.191 e. The van der Waals surface area contributed by atoms with Crippen molar-refractivity contribution in [3.8, 4) is 0 Å². The molecule has 0 radical (unpaired) electrons. The minimum absolute atomic E-state index is 0.106. The average Bonchev–Trinajstić information content (AvgIpc) is 2.34. The number of hydrogen-bond acceptors (Lipinski definition) is 1. The molecule has 0 spiro atoms. The van der Waals surface area contributed by atoms with Gasteiger partial charge in [0.25, 0.3) is 0 Å². The zero-order valence-electron chi connectivity index (χ0n) is 11.5. The van der Waals surface area contributed by atoms with Crippen molar-refractivity contribution < 1.29 is 0 Å². The molecule has 1 unspecified atom stereocenters. The summed E-state index contributed by atoms with van der Waals surface area (Å²) < 4.78 is 0. The fourth-order valence-corrected chi connectivity index (χ4v) is 1.90. The van der Waals surface area contributed by atoms with Crippen LogP contribution in [0.3, 0.4) is 0 Å². The minimum atomic E-state index is 0.106. The number of nitrogens with zero attached hydrogens (tertiary/aromatic N) is 2. The highest BCUT2D eigenvalue weighted by atomic mass is 35.5. The number of benzene rings is 1. The molecule has 1 atom stereocenters. The molecule has 1 aromatic rings. The Bertz CT molecular complexity index is 415. The van der Waals surface area contributed by atoms with Crippen molar-refractivity contribution in [3.05, 3.63) is 34.9 Å². The first kappa shape index (κ1) is 14.8. The van der Waals surface area contributed by atoms with E-state index in [1.807, 2.05) is 36.2 Å². The quantitative estimate of drug-likeness (QED) is 0.672. The molecule has 2 N–H and O–H groups in total. The van der Waals surface area contributed by atoms with Gasteiger partial charge in [0, 0.05) is 18.6 Å². The van der Waals surface area contributed by atoms with E-state index in [-0.39, 0.29) is 6.04 Å². The Labute approximate surface area is 115 Å². The zero-order valence-corrected chi connectivity index (χ0v) is 12.3. The number of nitrogens with two attached hydrogens (primary N) is 1. The predicted octanol–water partition coefficient (Wildman–Crippen LogP) is 3.30. The van der Waals surface area contributed by atoms with Gasteiger partial charge in [0.15, 0.2) is 5.96 Å². The molecule has 3 nitrogen and oxygen atoms in total. The molecule has 4 heteroatoms. The summed E-state index contributed by atoms with van der Waals surface area (Å²) in [5.41, 5.74) is 7.05. The van der Waals surface area contributed by atoms with E-state index in [2.05, 4.69) is 25.8 Å². The summed E-state index contributed by atoms with van der Waals surface area (Å²) in [7, 11) is 1.94. The van der Waals surface area contributed by atoms with Crippen LogP contribution in [0.4, 0.5) is 0 Å². The average molecular weight is 268 g/mol. The van der Waals surface area contributed by atoms with Crippen molar-refractivity contribution in [3.63, 3.8) is 0 Å². The van der Waals surface area contributed by atoms with Gasteiger partial charge in [-0.1, -0.05) is 43.6 Å². The summed E-state index contributed by atoms with van der Waals surface area (Å²) in [5, 5.41) is 0.758. The Kier molecular flexibility index (Phi) is 5.48. The van der Waals surface area contributed by atoms with E-state index in [1.165, 1.54) is 0 Å². The minimum Gasteiger partial charge on any atom is -0.370 e. The van der Waals surface area contributed by atoms with E-state index in [9.17, 15) is 0 Å². The fraction of sp³-hybridized carbons (Fsp3) is 0.500. The standard InChI is InChI=1S/C14H22ClN3/c1-10(2)9-17-14(16)18(4)11(3)12-7-5-6-8-13(12)15/h5-8,10-11H,9H2,1-4H3,(H2,16,17). The van der Waals surface area contributed by atoms with E-state index in [4.69, 9.17) is 17.3 Å². The molecule has 0 saturated carbocycles. The van der Waals surface area contributed by atoms with Gasteiger partial charge in [-0.05, 0) is 24.5 Å². The Morgan fingerprint density at radius 2 is 1.94 bits per heavy atom. The maximum Gasteiger partial charge on any atom is 0.191 e. The molecule has 0 fully saturated rings. The Balaban J connectivity index is 2.81. The number of hydrogen-bond donors (Lipinski definition) is 1. The monoisotopic (exact) mass is 267 g/mol. The van der Waals surface area contributed by atoms with Crippen LogP contribution < -0.4 is 5.73 Å². The lowest BCUT2D eigenvalue weighted by Crippen LogP contribution is -2.36. The lowest BCUT2D eigenvalue weighted by molar-refractivity contribution is 0.395. The van der Waals surface area contributed by atoms with E-state index >= 15 is 0 Å². The van der Waals surface area contributed by atoms with E-state index in [1.54, 1.807) is 0 Å². The van der Waals surface area contributed by atoms with Crippen LogP contribution in [0.5, 0.6) is 0 Å². The van der Waals surface area contributed by atoms with Gasteiger partial charge < -0.3 is 10.6 Å². The first-order chi connectivity index (χ1) is 8.43. The zero-order chi connectivity index (χ0) is 13.7. The van der Waals surface area contributed by atoms with E-state index in [0.717, 1.165) is 17.1 Å². The van der Waals surface area contributed by atoms with Crippen molar-refractivity contribution in [1.82, 2.24) is 4.90 Å². The van der Waals surface area contributed by atoms with Crippen LogP contribution in [-0.2, 0) is 0 Å². The van der Waals surface area contributed by atoms with Crippen molar-refractivity contribution in [2.24, 2.45) is 16.6 Å². The summed E-state index contributed by atoms with van der Waals surface area (Å²) in [6.07, 6.45) is 0. The van der Waals surface area contributed by atoms with E-state index < -0.39 is 0 Å². The number of aliphatic imine (C=N–C) groups is 1. The predicted molar refractivity (Wildman–Crippen MR) is 79.0 cm³/mol. The van der Waals surface area contributed by atoms with Gasteiger partial charge in [-0.2, -0.15) is 0 Å². The van der Waals surface area contributed by atoms with Crippen LogP contribution in [0.1, 0.15) is 32.4 Å². The topological polar surface area (TPSA) is 41.6 Å². The SMILES string of the molecule is CC(C)CN=C(N)N(C)C(C)c1ccccc1Cl. The number of guanidine groups is 1. The molecule has 0 aliphatic heterocycles. The first-order valence-corrected chi connectivity index (χ1v) is 6.58. The summed E-state index contributed by atoms with van der Waals surface area (Å²) in [5.74, 6) is 1.06. The van der Waals surface area contributed by atoms with Crippen molar-refractivity contribution in [2.45, 2.75) is 26.8 Å². The van der Waals surface area contributed by atoms with Gasteiger partial charge in [-0.25, -0.2) is 0 Å². The third kappa shape index (κ3) is 3.91. The lowest BCUT2D eigenvalue weighted by atomic mass is 10.1. The van der Waals surface area contributed by atoms with Gasteiger partial charge in [0.1, 0.15) is 0 Å². The molecule has 0 heterocycles. The molecule has 100 valence electrons. The molecule has 1 aromatic carbocycles. The highest BCUT2D eigenvalue weighted by Gasteiger charge is 2.15. The normalized spacial score (nSPS) is 13.8. The van der Waals surface area contributed by atoms with Crippen LogP contribution >= 0.6 is 11.6 Å². The van der Waals surface area contributed by atoms with Crippen molar-refractivity contribution in [1.29, 1.82) is 0 Å². The third-order valence-electron chi connectivity index (χ3n) is 2.92. The Morgan fingerprint density at radius 3 is 2.50 bits per heavy atom.